The zero-order chi connectivity index (χ0) is 17.9. The van der Waals surface area contributed by atoms with Crippen LogP contribution in [-0.2, 0) is 6.42 Å². The maximum Gasteiger partial charge on any atom is 0.250 e. The summed E-state index contributed by atoms with van der Waals surface area (Å²) in [4.78, 5) is 13.4. The molecule has 26 heavy (non-hydrogen) atoms. The van der Waals surface area contributed by atoms with E-state index < -0.39 is 0 Å². The van der Waals surface area contributed by atoms with E-state index in [1.165, 1.54) is 0 Å². The van der Waals surface area contributed by atoms with Crippen molar-refractivity contribution >= 4 is 5.78 Å². The number of fused-ring (bicyclic) bond motifs is 1. The quantitative estimate of drug-likeness (QED) is 0.415. The summed E-state index contributed by atoms with van der Waals surface area (Å²) in [6, 6.07) is 21.6. The fourth-order valence-electron chi connectivity index (χ4n) is 3.33. The first-order valence-corrected chi connectivity index (χ1v) is 9.09. The van der Waals surface area contributed by atoms with Crippen LogP contribution in [0, 0.1) is 0 Å². The minimum atomic E-state index is 0.0251. The third-order valence-corrected chi connectivity index (χ3v) is 4.67. The molecule has 0 saturated carbocycles. The fraction of sp³-hybridized carbons (Fsp3) is 0.182. The van der Waals surface area contributed by atoms with Gasteiger partial charge in [-0.3, -0.25) is 4.79 Å². The number of nitrogens with zero attached hydrogens (tertiary/aromatic N) is 2. The normalized spacial score (nSPS) is 11.1. The summed E-state index contributed by atoms with van der Waals surface area (Å²) in [5.74, 6) is 0.0251. The number of hydrogen-bond donors (Lipinski definition) is 1. The molecule has 0 radical (unpaired) electrons. The minimum Gasteiger partial charge on any atom is -0.284 e. The van der Waals surface area contributed by atoms with Gasteiger partial charge in [-0.25, -0.2) is 0 Å². The van der Waals surface area contributed by atoms with Crippen LogP contribution in [0.1, 0.15) is 41.5 Å². The molecular weight excluding hydrogens is 322 g/mol. The van der Waals surface area contributed by atoms with Gasteiger partial charge in [0, 0.05) is 23.6 Å². The number of unbranched alkanes of at least 4 members (excludes halogenated alkanes) is 1. The first kappa shape index (κ1) is 16.3. The van der Waals surface area contributed by atoms with Crippen LogP contribution in [0.3, 0.4) is 0 Å². The summed E-state index contributed by atoms with van der Waals surface area (Å²) >= 11 is 0. The lowest BCUT2D eigenvalue weighted by atomic mass is 10.0. The van der Waals surface area contributed by atoms with Gasteiger partial charge in [0.25, 0.3) is 0 Å². The molecule has 0 saturated heterocycles. The lowest BCUT2D eigenvalue weighted by Crippen LogP contribution is -2.36. The third-order valence-electron chi connectivity index (χ3n) is 4.67. The Morgan fingerprint density at radius 1 is 1.00 bits per heavy atom. The Bertz CT molecular complexity index is 1030. The number of H-pyrrole nitrogens is 1. The number of benzene rings is 2. The molecule has 0 aliphatic heterocycles. The van der Waals surface area contributed by atoms with Crippen molar-refractivity contribution in [2.24, 2.45) is 0 Å². The summed E-state index contributed by atoms with van der Waals surface area (Å²) in [6.07, 6.45) is 5.14. The Kier molecular flexibility index (Phi) is 4.40. The van der Waals surface area contributed by atoms with Gasteiger partial charge in [-0.1, -0.05) is 78.6 Å². The number of nitrogens with one attached hydrogen (secondary N) is 1. The zero-order valence-electron chi connectivity index (χ0n) is 14.9. The molecule has 0 amide bonds. The van der Waals surface area contributed by atoms with Crippen LogP contribution in [0.2, 0.25) is 0 Å². The van der Waals surface area contributed by atoms with E-state index in [0.717, 1.165) is 36.2 Å². The van der Waals surface area contributed by atoms with Gasteiger partial charge in [-0.2, -0.15) is 5.10 Å². The van der Waals surface area contributed by atoms with Crippen molar-refractivity contribution in [1.29, 1.82) is 0 Å². The molecule has 0 atom stereocenters. The predicted octanol–water partition coefficient (Wildman–Crippen LogP) is 4.09. The van der Waals surface area contributed by atoms with Gasteiger partial charge in [-0.05, 0) is 6.42 Å². The second-order valence-electron chi connectivity index (χ2n) is 6.46. The Morgan fingerprint density at radius 3 is 2.38 bits per heavy atom. The highest BCUT2D eigenvalue weighted by atomic mass is 16.1. The molecule has 2 aromatic heterocycles. The van der Waals surface area contributed by atoms with Crippen LogP contribution in [0.15, 0.2) is 72.9 Å². The molecule has 1 N–H and O–H groups in total. The fourth-order valence-corrected chi connectivity index (χ4v) is 3.33. The number of aromatic amines is 1. The highest BCUT2D eigenvalue weighted by Gasteiger charge is 2.30. The molecule has 4 aromatic rings. The molecule has 130 valence electrons. The maximum atomic E-state index is 13.4. The minimum absolute atomic E-state index is 0.0251. The van der Waals surface area contributed by atoms with Crippen molar-refractivity contribution < 1.29 is 9.31 Å². The average Bonchev–Trinajstić information content (AvgIpc) is 3.26. The second-order valence-corrected chi connectivity index (χ2v) is 6.46. The van der Waals surface area contributed by atoms with Gasteiger partial charge in [0.15, 0.2) is 0 Å². The van der Waals surface area contributed by atoms with E-state index in [9.17, 15) is 4.79 Å². The number of carbonyl (C=O) groups is 1. The first-order chi connectivity index (χ1) is 12.8. The molecule has 4 heteroatoms. The molecule has 2 aromatic carbocycles. The molecule has 0 spiro atoms. The van der Waals surface area contributed by atoms with Crippen molar-refractivity contribution in [2.75, 3.05) is 0 Å². The smallest absolute Gasteiger partial charge is 0.250 e. The van der Waals surface area contributed by atoms with Gasteiger partial charge in [-0.15, -0.1) is 4.52 Å². The Balaban J connectivity index is 1.94. The van der Waals surface area contributed by atoms with E-state index in [1.54, 1.807) is 0 Å². The van der Waals surface area contributed by atoms with Gasteiger partial charge in [0.2, 0.25) is 17.2 Å². The van der Waals surface area contributed by atoms with Crippen molar-refractivity contribution in [3.8, 4) is 11.3 Å². The molecule has 4 rings (SSSR count). The predicted molar refractivity (Wildman–Crippen MR) is 101 cm³/mol. The van der Waals surface area contributed by atoms with Crippen molar-refractivity contribution in [3.63, 3.8) is 0 Å². The summed E-state index contributed by atoms with van der Waals surface area (Å²) in [5, 5.41) is 3.39. The second kappa shape index (κ2) is 7.00. The molecule has 0 aliphatic rings. The number of aryl methyl sites for hydroxylation is 1. The van der Waals surface area contributed by atoms with Gasteiger partial charge in [0.05, 0.1) is 6.20 Å². The SMILES string of the molecule is CCCCc1ccn2[nH]c(-c3ccccc3)c(C(=O)c3ccccc3)[n+]12. The molecular formula is C22H22N3O+. The summed E-state index contributed by atoms with van der Waals surface area (Å²) in [7, 11) is 0. The monoisotopic (exact) mass is 344 g/mol. The number of hydrogen-bond acceptors (Lipinski definition) is 1. The van der Waals surface area contributed by atoms with Crippen LogP contribution < -0.4 is 4.52 Å². The summed E-state index contributed by atoms with van der Waals surface area (Å²) in [5.41, 5.74) is 4.37. The van der Waals surface area contributed by atoms with Crippen LogP contribution in [0.25, 0.3) is 11.3 Å². The van der Waals surface area contributed by atoms with Crippen LogP contribution in [0.4, 0.5) is 0 Å². The lowest BCUT2D eigenvalue weighted by Gasteiger charge is -2.01. The first-order valence-electron chi connectivity index (χ1n) is 9.09. The highest BCUT2D eigenvalue weighted by Crippen LogP contribution is 2.22. The van der Waals surface area contributed by atoms with Crippen LogP contribution >= 0.6 is 0 Å². The molecule has 0 aliphatic carbocycles. The number of rotatable bonds is 6. The number of aromatic nitrogens is 3. The average molecular weight is 344 g/mol. The van der Waals surface area contributed by atoms with E-state index >= 15 is 0 Å². The number of ketones is 1. The summed E-state index contributed by atoms with van der Waals surface area (Å²) in [6.45, 7) is 2.18. The van der Waals surface area contributed by atoms with Gasteiger partial charge in [0.1, 0.15) is 5.69 Å². The topological polar surface area (TPSA) is 41.4 Å². The van der Waals surface area contributed by atoms with E-state index in [0.29, 0.717) is 11.3 Å². The van der Waals surface area contributed by atoms with Gasteiger partial charge < -0.3 is 0 Å². The van der Waals surface area contributed by atoms with Crippen LogP contribution in [0.5, 0.6) is 0 Å². The molecule has 4 nitrogen and oxygen atoms in total. The van der Waals surface area contributed by atoms with E-state index in [-0.39, 0.29) is 5.78 Å². The molecule has 0 unspecified atom stereocenters. The molecule has 2 heterocycles. The van der Waals surface area contributed by atoms with Crippen molar-refractivity contribution in [3.05, 3.63) is 89.9 Å². The Hall–Kier alpha value is -3.14. The van der Waals surface area contributed by atoms with E-state index in [2.05, 4.69) is 18.1 Å². The van der Waals surface area contributed by atoms with Crippen molar-refractivity contribution in [2.45, 2.75) is 26.2 Å². The number of carbonyl (C=O) groups excluding carboxylic acids is 1. The van der Waals surface area contributed by atoms with Gasteiger partial charge >= 0.3 is 0 Å². The summed E-state index contributed by atoms with van der Waals surface area (Å²) < 4.78 is 3.93. The standard InChI is InChI=1S/C22H21N3O/c1-2-3-14-19-15-16-24-23-20(17-10-6-4-7-11-17)21(25(19)24)22(26)18-12-8-5-9-13-18/h4-13,15-16H,2-3,14H2,1H3/p+1. The largest absolute Gasteiger partial charge is 0.284 e. The van der Waals surface area contributed by atoms with Crippen LogP contribution in [-0.4, -0.2) is 15.5 Å². The highest BCUT2D eigenvalue weighted by molar-refractivity contribution is 6.09. The Labute approximate surface area is 152 Å². The van der Waals surface area contributed by atoms with Crippen molar-refractivity contribution in [1.82, 2.24) is 9.73 Å². The Morgan fingerprint density at radius 2 is 1.69 bits per heavy atom. The lowest BCUT2D eigenvalue weighted by molar-refractivity contribution is -0.627. The zero-order valence-corrected chi connectivity index (χ0v) is 14.9. The van der Waals surface area contributed by atoms with E-state index in [1.807, 2.05) is 76.0 Å². The third kappa shape index (κ3) is 2.84. The molecule has 0 fully saturated rings. The van der Waals surface area contributed by atoms with E-state index in [4.69, 9.17) is 0 Å². The molecule has 0 bridgehead atoms. The maximum absolute atomic E-state index is 13.4.